The maximum atomic E-state index is 5.53. The van der Waals surface area contributed by atoms with Gasteiger partial charge in [-0.3, -0.25) is 0 Å². The van der Waals surface area contributed by atoms with Gasteiger partial charge in [-0.05, 0) is 22.1 Å². The van der Waals surface area contributed by atoms with E-state index in [9.17, 15) is 0 Å². The van der Waals surface area contributed by atoms with Gasteiger partial charge in [0.2, 0.25) is 0 Å². The Bertz CT molecular complexity index is 314. The third kappa shape index (κ3) is 2.46. The molecule has 0 spiro atoms. The van der Waals surface area contributed by atoms with Crippen LogP contribution in [0.4, 0.5) is 0 Å². The highest BCUT2D eigenvalue weighted by Gasteiger charge is 2.12. The molecule has 0 unspecified atom stereocenters. The van der Waals surface area contributed by atoms with Crippen LogP contribution in [0.5, 0.6) is 0 Å². The average Bonchev–Trinajstić information content (AvgIpc) is 2.15. The largest absolute Gasteiger partial charge is 0.326 e. The van der Waals surface area contributed by atoms with E-state index in [1.807, 2.05) is 0 Å². The molecule has 0 fully saturated rings. The predicted molar refractivity (Wildman–Crippen MR) is 63.2 cm³/mol. The summed E-state index contributed by atoms with van der Waals surface area (Å²) in [5.41, 5.74) is 9.21. The smallest absolute Gasteiger partial charge is 0.0178 e. The van der Waals surface area contributed by atoms with Gasteiger partial charge in [-0.25, -0.2) is 0 Å². The SMILES string of the molecule is C=C(CN)c1ccc(C(C)(C)C)cc1. The van der Waals surface area contributed by atoms with E-state index in [0.29, 0.717) is 6.54 Å². The van der Waals surface area contributed by atoms with Crippen LogP contribution in [-0.4, -0.2) is 6.54 Å². The van der Waals surface area contributed by atoms with Crippen LogP contribution >= 0.6 is 0 Å². The van der Waals surface area contributed by atoms with Crippen molar-refractivity contribution in [3.63, 3.8) is 0 Å². The van der Waals surface area contributed by atoms with Gasteiger partial charge in [0.1, 0.15) is 0 Å². The van der Waals surface area contributed by atoms with E-state index in [0.717, 1.165) is 11.1 Å². The van der Waals surface area contributed by atoms with E-state index in [-0.39, 0.29) is 5.41 Å². The number of benzene rings is 1. The third-order valence-corrected chi connectivity index (χ3v) is 2.41. The van der Waals surface area contributed by atoms with Crippen LogP contribution in [0.2, 0.25) is 0 Å². The normalized spacial score (nSPS) is 11.4. The molecule has 1 aromatic carbocycles. The second-order valence-corrected chi connectivity index (χ2v) is 4.64. The molecule has 0 saturated carbocycles. The first-order valence-corrected chi connectivity index (χ1v) is 4.94. The second-order valence-electron chi connectivity index (χ2n) is 4.64. The Morgan fingerprint density at radius 3 is 2.07 bits per heavy atom. The fraction of sp³-hybridized carbons (Fsp3) is 0.385. The quantitative estimate of drug-likeness (QED) is 0.760. The standard InChI is InChI=1S/C13H19N/c1-10(9-14)11-5-7-12(8-6-11)13(2,3)4/h5-8H,1,9,14H2,2-4H3. The summed E-state index contributed by atoms with van der Waals surface area (Å²) in [5, 5.41) is 0. The van der Waals surface area contributed by atoms with E-state index in [2.05, 4.69) is 51.6 Å². The molecular formula is C13H19N. The highest BCUT2D eigenvalue weighted by Crippen LogP contribution is 2.23. The summed E-state index contributed by atoms with van der Waals surface area (Å²) in [6.07, 6.45) is 0. The lowest BCUT2D eigenvalue weighted by molar-refractivity contribution is 0.590. The minimum Gasteiger partial charge on any atom is -0.326 e. The molecular weight excluding hydrogens is 170 g/mol. The van der Waals surface area contributed by atoms with E-state index in [4.69, 9.17) is 5.73 Å². The lowest BCUT2D eigenvalue weighted by atomic mass is 9.86. The van der Waals surface area contributed by atoms with Crippen molar-refractivity contribution in [1.29, 1.82) is 0 Å². The van der Waals surface area contributed by atoms with Gasteiger partial charge in [0.15, 0.2) is 0 Å². The number of hydrogen-bond acceptors (Lipinski definition) is 1. The molecule has 0 amide bonds. The Labute approximate surface area is 86.6 Å². The van der Waals surface area contributed by atoms with Crippen molar-refractivity contribution in [2.45, 2.75) is 26.2 Å². The van der Waals surface area contributed by atoms with Crippen LogP contribution in [-0.2, 0) is 5.41 Å². The van der Waals surface area contributed by atoms with E-state index in [1.165, 1.54) is 5.56 Å². The maximum absolute atomic E-state index is 5.53. The molecule has 14 heavy (non-hydrogen) atoms. The van der Waals surface area contributed by atoms with Crippen molar-refractivity contribution in [3.05, 3.63) is 42.0 Å². The summed E-state index contributed by atoms with van der Waals surface area (Å²) in [6, 6.07) is 8.48. The van der Waals surface area contributed by atoms with E-state index >= 15 is 0 Å². The summed E-state index contributed by atoms with van der Waals surface area (Å²) in [7, 11) is 0. The van der Waals surface area contributed by atoms with Gasteiger partial charge in [0.25, 0.3) is 0 Å². The first-order valence-electron chi connectivity index (χ1n) is 4.94. The van der Waals surface area contributed by atoms with Crippen molar-refractivity contribution in [3.8, 4) is 0 Å². The lowest BCUT2D eigenvalue weighted by Gasteiger charge is -2.19. The molecule has 0 aromatic heterocycles. The lowest BCUT2D eigenvalue weighted by Crippen LogP contribution is -2.10. The minimum atomic E-state index is 0.211. The van der Waals surface area contributed by atoms with Gasteiger partial charge < -0.3 is 5.73 Å². The van der Waals surface area contributed by atoms with Crippen molar-refractivity contribution in [2.75, 3.05) is 6.54 Å². The van der Waals surface area contributed by atoms with E-state index in [1.54, 1.807) is 0 Å². The molecule has 1 rings (SSSR count). The van der Waals surface area contributed by atoms with Crippen molar-refractivity contribution >= 4 is 5.57 Å². The molecule has 0 saturated heterocycles. The summed E-state index contributed by atoms with van der Waals surface area (Å²) in [4.78, 5) is 0. The minimum absolute atomic E-state index is 0.211. The Balaban J connectivity index is 2.95. The van der Waals surface area contributed by atoms with Gasteiger partial charge in [0, 0.05) is 6.54 Å². The first kappa shape index (κ1) is 11.0. The molecule has 1 nitrogen and oxygen atoms in total. The van der Waals surface area contributed by atoms with Crippen LogP contribution in [0.1, 0.15) is 31.9 Å². The number of nitrogens with two attached hydrogens (primary N) is 1. The third-order valence-electron chi connectivity index (χ3n) is 2.41. The molecule has 1 aromatic rings. The van der Waals surface area contributed by atoms with Crippen LogP contribution < -0.4 is 5.73 Å². The van der Waals surface area contributed by atoms with E-state index < -0.39 is 0 Å². The Kier molecular flexibility index (Phi) is 3.12. The topological polar surface area (TPSA) is 26.0 Å². The highest BCUT2D eigenvalue weighted by molar-refractivity contribution is 5.64. The fourth-order valence-corrected chi connectivity index (χ4v) is 1.32. The Hall–Kier alpha value is -1.08. The van der Waals surface area contributed by atoms with Crippen molar-refractivity contribution in [1.82, 2.24) is 0 Å². The number of rotatable bonds is 2. The summed E-state index contributed by atoms with van der Waals surface area (Å²) in [5.74, 6) is 0. The molecule has 0 radical (unpaired) electrons. The monoisotopic (exact) mass is 189 g/mol. The summed E-state index contributed by atoms with van der Waals surface area (Å²) in [6.45, 7) is 11.1. The van der Waals surface area contributed by atoms with Gasteiger partial charge in [0.05, 0.1) is 0 Å². The fourth-order valence-electron chi connectivity index (χ4n) is 1.32. The zero-order chi connectivity index (χ0) is 10.8. The highest BCUT2D eigenvalue weighted by atomic mass is 14.5. The summed E-state index contributed by atoms with van der Waals surface area (Å²) < 4.78 is 0. The molecule has 1 heteroatoms. The Morgan fingerprint density at radius 2 is 1.71 bits per heavy atom. The van der Waals surface area contributed by atoms with Gasteiger partial charge >= 0.3 is 0 Å². The zero-order valence-corrected chi connectivity index (χ0v) is 9.30. The van der Waals surface area contributed by atoms with Crippen molar-refractivity contribution < 1.29 is 0 Å². The maximum Gasteiger partial charge on any atom is 0.0178 e. The molecule has 0 aliphatic heterocycles. The average molecular weight is 189 g/mol. The molecule has 0 bridgehead atoms. The predicted octanol–water partition coefficient (Wildman–Crippen LogP) is 2.96. The molecule has 76 valence electrons. The molecule has 2 N–H and O–H groups in total. The van der Waals surface area contributed by atoms with Gasteiger partial charge in [-0.1, -0.05) is 51.6 Å². The molecule has 0 aliphatic carbocycles. The van der Waals surface area contributed by atoms with Crippen LogP contribution in [0.25, 0.3) is 5.57 Å². The molecule has 0 atom stereocenters. The van der Waals surface area contributed by atoms with Gasteiger partial charge in [-0.2, -0.15) is 0 Å². The zero-order valence-electron chi connectivity index (χ0n) is 9.30. The van der Waals surface area contributed by atoms with Crippen LogP contribution in [0.3, 0.4) is 0 Å². The van der Waals surface area contributed by atoms with Gasteiger partial charge in [-0.15, -0.1) is 0 Å². The van der Waals surface area contributed by atoms with Crippen LogP contribution in [0.15, 0.2) is 30.8 Å². The number of hydrogen-bond donors (Lipinski definition) is 1. The summed E-state index contributed by atoms with van der Waals surface area (Å²) >= 11 is 0. The first-order chi connectivity index (χ1) is 6.45. The van der Waals surface area contributed by atoms with Crippen molar-refractivity contribution in [2.24, 2.45) is 5.73 Å². The Morgan fingerprint density at radius 1 is 1.21 bits per heavy atom. The second kappa shape index (κ2) is 3.97. The molecule has 0 aliphatic rings. The molecule has 0 heterocycles. The van der Waals surface area contributed by atoms with Crippen LogP contribution in [0, 0.1) is 0 Å².